The molecule has 1 saturated heterocycles. The number of amides is 2. The Labute approximate surface area is 168 Å². The van der Waals surface area contributed by atoms with Crippen molar-refractivity contribution in [3.63, 3.8) is 0 Å². The minimum Gasteiger partial charge on any atom is -0.483 e. The number of rotatable bonds is 3. The van der Waals surface area contributed by atoms with Crippen LogP contribution in [0.4, 0.5) is 5.69 Å². The van der Waals surface area contributed by atoms with Gasteiger partial charge < -0.3 is 20.1 Å². The molecule has 2 amide bonds. The molecule has 1 spiro atoms. The van der Waals surface area contributed by atoms with Gasteiger partial charge in [-0.05, 0) is 19.1 Å². The van der Waals surface area contributed by atoms with Crippen LogP contribution in [0.5, 0.6) is 5.75 Å². The lowest BCUT2D eigenvalue weighted by atomic mass is 9.83. The predicted molar refractivity (Wildman–Crippen MR) is 105 cm³/mol. The molecule has 0 radical (unpaired) electrons. The number of aliphatic hydroxyl groups is 1. The second kappa shape index (κ2) is 7.47. The van der Waals surface area contributed by atoms with Crippen LogP contribution in [0, 0.1) is 0 Å². The Hall–Kier alpha value is -2.94. The molecule has 9 nitrogen and oxygen atoms in total. The Morgan fingerprint density at radius 2 is 2.14 bits per heavy atom. The van der Waals surface area contributed by atoms with E-state index in [9.17, 15) is 14.7 Å². The van der Waals surface area contributed by atoms with Gasteiger partial charge in [0.05, 0.1) is 11.9 Å². The summed E-state index contributed by atoms with van der Waals surface area (Å²) in [4.78, 5) is 30.3. The van der Waals surface area contributed by atoms with E-state index in [1.807, 2.05) is 13.1 Å². The number of pyridine rings is 1. The summed E-state index contributed by atoms with van der Waals surface area (Å²) < 4.78 is 8.03. The number of hydrogen-bond donors (Lipinski definition) is 2. The van der Waals surface area contributed by atoms with Gasteiger partial charge >= 0.3 is 0 Å². The molecule has 29 heavy (non-hydrogen) atoms. The van der Waals surface area contributed by atoms with E-state index in [1.54, 1.807) is 21.7 Å². The monoisotopic (exact) mass is 399 g/mol. The van der Waals surface area contributed by atoms with E-state index in [1.165, 1.54) is 13.1 Å². The van der Waals surface area contributed by atoms with Gasteiger partial charge in [-0.1, -0.05) is 0 Å². The smallest absolute Gasteiger partial charge is 0.274 e. The number of carbonyl (C=O) groups is 2. The molecule has 9 heteroatoms. The van der Waals surface area contributed by atoms with Crippen LogP contribution in [0.1, 0.15) is 55.4 Å². The fourth-order valence-corrected chi connectivity index (χ4v) is 4.05. The molecule has 0 aromatic carbocycles. The zero-order chi connectivity index (χ0) is 20.6. The number of aryl methyl sites for hydroxylation is 1. The maximum Gasteiger partial charge on any atom is 0.274 e. The van der Waals surface area contributed by atoms with Gasteiger partial charge in [0, 0.05) is 52.0 Å². The molecule has 2 aromatic rings. The molecule has 4 heterocycles. The average molecular weight is 399 g/mol. The van der Waals surface area contributed by atoms with Crippen molar-refractivity contribution in [2.75, 3.05) is 18.4 Å². The number of nitrogens with one attached hydrogen (secondary N) is 1. The minimum atomic E-state index is -0.670. The highest BCUT2D eigenvalue weighted by Gasteiger charge is 2.45. The van der Waals surface area contributed by atoms with Gasteiger partial charge in [-0.15, -0.1) is 0 Å². The Morgan fingerprint density at radius 1 is 1.38 bits per heavy atom. The standard InChI is InChI=1S/C20H25N5O4/c1-3-25-12-16-18(23-25)15(27)11-20(29-16)6-9-24(10-7-20)19(28)17-14(22-13(2)26)5-4-8-21-17/h4-5,8,12,15,27H,3,6-7,9-11H2,1-2H3,(H,22,26). The van der Waals surface area contributed by atoms with Gasteiger partial charge in [0.25, 0.3) is 5.91 Å². The Morgan fingerprint density at radius 3 is 2.83 bits per heavy atom. The predicted octanol–water partition coefficient (Wildman–Crippen LogP) is 1.75. The van der Waals surface area contributed by atoms with Crippen LogP contribution in [0.2, 0.25) is 0 Å². The van der Waals surface area contributed by atoms with Crippen molar-refractivity contribution >= 4 is 17.5 Å². The van der Waals surface area contributed by atoms with E-state index >= 15 is 0 Å². The first-order valence-corrected chi connectivity index (χ1v) is 9.87. The molecule has 1 fully saturated rings. The quantitative estimate of drug-likeness (QED) is 0.814. The number of anilines is 1. The first-order chi connectivity index (χ1) is 13.9. The summed E-state index contributed by atoms with van der Waals surface area (Å²) in [6, 6.07) is 3.35. The molecule has 154 valence electrons. The molecule has 1 atom stereocenters. The second-order valence-electron chi connectivity index (χ2n) is 7.61. The Bertz CT molecular complexity index is 933. The van der Waals surface area contributed by atoms with Crippen LogP contribution >= 0.6 is 0 Å². The zero-order valence-corrected chi connectivity index (χ0v) is 16.6. The van der Waals surface area contributed by atoms with Gasteiger partial charge in [-0.2, -0.15) is 5.10 Å². The molecule has 0 bridgehead atoms. The van der Waals surface area contributed by atoms with E-state index in [-0.39, 0.29) is 17.5 Å². The van der Waals surface area contributed by atoms with Crippen molar-refractivity contribution in [1.29, 1.82) is 0 Å². The lowest BCUT2D eigenvalue weighted by molar-refractivity contribution is -0.114. The molecule has 0 aliphatic carbocycles. The fourth-order valence-electron chi connectivity index (χ4n) is 4.05. The van der Waals surface area contributed by atoms with Crippen LogP contribution in [-0.4, -0.2) is 55.3 Å². The average Bonchev–Trinajstić information content (AvgIpc) is 3.11. The topological polar surface area (TPSA) is 110 Å². The maximum atomic E-state index is 13.0. The van der Waals surface area contributed by atoms with Crippen molar-refractivity contribution in [2.24, 2.45) is 0 Å². The Balaban J connectivity index is 1.47. The van der Waals surface area contributed by atoms with Gasteiger partial charge in [-0.25, -0.2) is 4.98 Å². The molecule has 2 N–H and O–H groups in total. The molecule has 2 aliphatic rings. The summed E-state index contributed by atoms with van der Waals surface area (Å²) in [7, 11) is 0. The first kappa shape index (κ1) is 19.4. The first-order valence-electron chi connectivity index (χ1n) is 9.87. The number of aliphatic hydroxyl groups excluding tert-OH is 1. The molecular formula is C20H25N5O4. The number of nitrogens with zero attached hydrogens (tertiary/aromatic N) is 4. The molecule has 1 unspecified atom stereocenters. The SMILES string of the molecule is CCn1cc2c(n1)C(O)CC1(CCN(C(=O)c3ncccc3NC(C)=O)CC1)O2. The summed E-state index contributed by atoms with van der Waals surface area (Å²) in [5.41, 5.74) is 0.723. The number of likely N-dealkylation sites (tertiary alicyclic amines) is 1. The summed E-state index contributed by atoms with van der Waals surface area (Å²) in [5.74, 6) is 0.153. The molecular weight excluding hydrogens is 374 g/mol. The van der Waals surface area contributed by atoms with Gasteiger partial charge in [-0.3, -0.25) is 14.3 Å². The summed E-state index contributed by atoms with van der Waals surface area (Å²) >= 11 is 0. The van der Waals surface area contributed by atoms with Gasteiger partial charge in [0.1, 0.15) is 17.4 Å². The third kappa shape index (κ3) is 3.69. The summed E-state index contributed by atoms with van der Waals surface area (Å²) in [5, 5.41) is 17.6. The third-order valence-corrected chi connectivity index (χ3v) is 5.57. The van der Waals surface area contributed by atoms with Crippen molar-refractivity contribution in [3.05, 3.63) is 35.9 Å². The van der Waals surface area contributed by atoms with Gasteiger partial charge in [0.15, 0.2) is 11.4 Å². The van der Waals surface area contributed by atoms with Crippen molar-refractivity contribution < 1.29 is 19.4 Å². The van der Waals surface area contributed by atoms with E-state index in [0.717, 1.165) is 0 Å². The van der Waals surface area contributed by atoms with Gasteiger partial charge in [0.2, 0.25) is 5.91 Å². The lowest BCUT2D eigenvalue weighted by Gasteiger charge is -2.44. The lowest BCUT2D eigenvalue weighted by Crippen LogP contribution is -2.51. The van der Waals surface area contributed by atoms with E-state index in [2.05, 4.69) is 15.4 Å². The van der Waals surface area contributed by atoms with Crippen molar-refractivity contribution in [2.45, 2.75) is 51.4 Å². The van der Waals surface area contributed by atoms with Crippen molar-refractivity contribution in [1.82, 2.24) is 19.7 Å². The Kier molecular flexibility index (Phi) is 4.99. The van der Waals surface area contributed by atoms with Crippen LogP contribution in [0.3, 0.4) is 0 Å². The summed E-state index contributed by atoms with van der Waals surface area (Å²) in [6.45, 7) is 5.06. The normalized spacial score (nSPS) is 20.1. The van der Waals surface area contributed by atoms with Crippen LogP contribution < -0.4 is 10.1 Å². The molecule has 4 rings (SSSR count). The van der Waals surface area contributed by atoms with Crippen LogP contribution in [-0.2, 0) is 11.3 Å². The van der Waals surface area contributed by atoms with E-state index in [0.29, 0.717) is 56.0 Å². The van der Waals surface area contributed by atoms with E-state index < -0.39 is 11.7 Å². The molecule has 0 saturated carbocycles. The largest absolute Gasteiger partial charge is 0.483 e. The maximum absolute atomic E-state index is 13.0. The van der Waals surface area contributed by atoms with Crippen LogP contribution in [0.15, 0.2) is 24.5 Å². The second-order valence-corrected chi connectivity index (χ2v) is 7.61. The zero-order valence-electron chi connectivity index (χ0n) is 16.6. The minimum absolute atomic E-state index is 0.222. The number of hydrogen-bond acceptors (Lipinski definition) is 6. The number of ether oxygens (including phenoxy) is 1. The molecule has 2 aliphatic heterocycles. The van der Waals surface area contributed by atoms with Crippen molar-refractivity contribution in [3.8, 4) is 5.75 Å². The highest BCUT2D eigenvalue weighted by Crippen LogP contribution is 2.43. The number of carbonyl (C=O) groups excluding carboxylic acids is 2. The highest BCUT2D eigenvalue weighted by molar-refractivity contribution is 6.01. The molecule has 2 aromatic heterocycles. The number of aromatic nitrogens is 3. The van der Waals surface area contributed by atoms with Crippen LogP contribution in [0.25, 0.3) is 0 Å². The number of piperidine rings is 1. The highest BCUT2D eigenvalue weighted by atomic mass is 16.5. The number of fused-ring (bicyclic) bond motifs is 1. The third-order valence-electron chi connectivity index (χ3n) is 5.57. The van der Waals surface area contributed by atoms with E-state index in [4.69, 9.17) is 4.74 Å². The summed E-state index contributed by atoms with van der Waals surface area (Å²) in [6.07, 6.45) is 4.37. The fraction of sp³-hybridized carbons (Fsp3) is 0.500.